The van der Waals surface area contributed by atoms with Gasteiger partial charge in [0.05, 0.1) is 42.4 Å². The molecule has 9 heteroatoms. The molecule has 2 aromatic carbocycles. The van der Waals surface area contributed by atoms with Crippen molar-refractivity contribution in [2.24, 2.45) is 0 Å². The van der Waals surface area contributed by atoms with Gasteiger partial charge in [-0.15, -0.1) is 0 Å². The van der Waals surface area contributed by atoms with Crippen molar-refractivity contribution in [1.82, 2.24) is 30.6 Å². The van der Waals surface area contributed by atoms with Gasteiger partial charge in [-0.2, -0.15) is 0 Å². The lowest BCUT2D eigenvalue weighted by Gasteiger charge is -2.08. The normalized spacial score (nSPS) is 21.6. The van der Waals surface area contributed by atoms with Crippen LogP contribution in [0.15, 0.2) is 54.9 Å². The molecule has 2 saturated heterocycles. The molecule has 4 aromatic rings. The third-order valence-corrected chi connectivity index (χ3v) is 6.81. The molecular weight excluding hydrogens is 453 g/mol. The first-order valence-corrected chi connectivity index (χ1v) is 11.8. The predicted octanol–water partition coefficient (Wildman–Crippen LogP) is 5.37. The molecule has 0 saturated carbocycles. The average molecular weight is 479 g/mol. The quantitative estimate of drug-likeness (QED) is 0.311. The van der Waals surface area contributed by atoms with Gasteiger partial charge in [0, 0.05) is 12.0 Å². The van der Waals surface area contributed by atoms with Gasteiger partial charge in [-0.3, -0.25) is 0 Å². The molecule has 2 aliphatic rings. The van der Waals surface area contributed by atoms with Crippen LogP contribution in [0.4, 0.5) is 13.2 Å². The van der Waals surface area contributed by atoms with E-state index in [1.807, 2.05) is 30.3 Å². The molecule has 2 aliphatic heterocycles. The number of alkyl halides is 2. The highest BCUT2D eigenvalue weighted by molar-refractivity contribution is 5.72. The molecule has 0 amide bonds. The van der Waals surface area contributed by atoms with Gasteiger partial charge in [0.15, 0.2) is 0 Å². The van der Waals surface area contributed by atoms with Crippen LogP contribution in [0.1, 0.15) is 43.0 Å². The number of H-pyrrole nitrogens is 2. The maximum atomic E-state index is 15.0. The number of hydrogen-bond donors (Lipinski definition) is 4. The molecule has 2 fully saturated rings. The van der Waals surface area contributed by atoms with E-state index in [4.69, 9.17) is 0 Å². The fourth-order valence-corrected chi connectivity index (χ4v) is 4.89. The number of rotatable bonds is 5. The van der Waals surface area contributed by atoms with Crippen LogP contribution in [0.5, 0.6) is 0 Å². The number of benzene rings is 2. The van der Waals surface area contributed by atoms with E-state index in [0.29, 0.717) is 17.1 Å². The summed E-state index contributed by atoms with van der Waals surface area (Å²) in [5, 5.41) is 6.20. The summed E-state index contributed by atoms with van der Waals surface area (Å²) in [4.78, 5) is 15.1. The summed E-state index contributed by atoms with van der Waals surface area (Å²) in [6, 6.07) is 12.5. The molecule has 35 heavy (non-hydrogen) atoms. The van der Waals surface area contributed by atoms with E-state index in [1.54, 1.807) is 18.5 Å². The monoisotopic (exact) mass is 478 g/mol. The number of halogens is 3. The lowest BCUT2D eigenvalue weighted by Crippen LogP contribution is -2.19. The molecule has 0 bridgehead atoms. The zero-order chi connectivity index (χ0) is 24.0. The second-order valence-corrected chi connectivity index (χ2v) is 9.28. The van der Waals surface area contributed by atoms with Crippen molar-refractivity contribution in [2.75, 3.05) is 13.1 Å². The molecular formula is C26H25F3N6. The van der Waals surface area contributed by atoms with Gasteiger partial charge in [-0.1, -0.05) is 30.3 Å². The zero-order valence-electron chi connectivity index (χ0n) is 18.9. The molecule has 0 aliphatic carbocycles. The van der Waals surface area contributed by atoms with E-state index in [1.165, 1.54) is 6.07 Å². The first kappa shape index (κ1) is 22.1. The molecule has 4 heterocycles. The average Bonchev–Trinajstić information content (AvgIpc) is 3.65. The molecule has 0 radical (unpaired) electrons. The number of aromatic nitrogens is 4. The summed E-state index contributed by atoms with van der Waals surface area (Å²) in [5.41, 5.74) is 4.40. The fraction of sp³-hybridized carbons (Fsp3) is 0.308. The minimum atomic E-state index is -2.71. The molecule has 6 rings (SSSR count). The predicted molar refractivity (Wildman–Crippen MR) is 127 cm³/mol. The highest BCUT2D eigenvalue weighted by Crippen LogP contribution is 2.34. The summed E-state index contributed by atoms with van der Waals surface area (Å²) in [5.74, 6) is -1.68. The van der Waals surface area contributed by atoms with Gasteiger partial charge in [0.1, 0.15) is 17.5 Å². The van der Waals surface area contributed by atoms with Gasteiger partial charge < -0.3 is 20.6 Å². The van der Waals surface area contributed by atoms with Gasteiger partial charge >= 0.3 is 0 Å². The van der Waals surface area contributed by atoms with Crippen molar-refractivity contribution < 1.29 is 13.2 Å². The third kappa shape index (κ3) is 4.37. The van der Waals surface area contributed by atoms with Crippen molar-refractivity contribution >= 4 is 0 Å². The topological polar surface area (TPSA) is 81.4 Å². The Balaban J connectivity index is 1.18. The Morgan fingerprint density at radius 2 is 1.49 bits per heavy atom. The van der Waals surface area contributed by atoms with Gasteiger partial charge in [-0.05, 0) is 48.2 Å². The zero-order valence-corrected chi connectivity index (χ0v) is 18.9. The largest absolute Gasteiger partial charge is 0.341 e. The number of nitrogens with zero attached hydrogens (tertiary/aromatic N) is 2. The summed E-state index contributed by atoms with van der Waals surface area (Å²) < 4.78 is 42.0. The fourth-order valence-electron chi connectivity index (χ4n) is 4.89. The van der Waals surface area contributed by atoms with Crippen molar-refractivity contribution in [3.05, 3.63) is 72.3 Å². The second kappa shape index (κ2) is 8.66. The van der Waals surface area contributed by atoms with Crippen molar-refractivity contribution in [3.63, 3.8) is 0 Å². The molecule has 2 atom stereocenters. The van der Waals surface area contributed by atoms with Crippen LogP contribution in [0.25, 0.3) is 33.6 Å². The van der Waals surface area contributed by atoms with E-state index >= 15 is 4.39 Å². The summed E-state index contributed by atoms with van der Waals surface area (Å²) in [7, 11) is 0. The maximum Gasteiger partial charge on any atom is 0.262 e. The Kier molecular flexibility index (Phi) is 5.46. The minimum absolute atomic E-state index is 0.200. The van der Waals surface area contributed by atoms with E-state index in [2.05, 4.69) is 30.6 Å². The van der Waals surface area contributed by atoms with Crippen LogP contribution < -0.4 is 10.6 Å². The van der Waals surface area contributed by atoms with Crippen LogP contribution in [0.2, 0.25) is 0 Å². The Morgan fingerprint density at radius 1 is 0.800 bits per heavy atom. The summed E-state index contributed by atoms with van der Waals surface area (Å²) >= 11 is 0. The molecule has 6 nitrogen and oxygen atoms in total. The van der Waals surface area contributed by atoms with E-state index in [-0.39, 0.29) is 24.8 Å². The van der Waals surface area contributed by atoms with Crippen molar-refractivity contribution in [3.8, 4) is 33.6 Å². The van der Waals surface area contributed by atoms with Crippen LogP contribution >= 0.6 is 0 Å². The first-order valence-electron chi connectivity index (χ1n) is 11.8. The van der Waals surface area contributed by atoms with Gasteiger partial charge in [0.25, 0.3) is 5.92 Å². The Morgan fingerprint density at radius 3 is 2.17 bits per heavy atom. The van der Waals surface area contributed by atoms with E-state index < -0.39 is 12.0 Å². The lowest BCUT2D eigenvalue weighted by atomic mass is 10.0. The Bertz CT molecular complexity index is 1340. The van der Waals surface area contributed by atoms with Crippen molar-refractivity contribution in [1.29, 1.82) is 0 Å². The van der Waals surface area contributed by atoms with Crippen molar-refractivity contribution in [2.45, 2.75) is 37.3 Å². The standard InChI is InChI=1S/C26H25F3N6/c27-19-10-17(7-8-18(19)23-13-32-24(35-23)20-2-1-9-30-20)15-3-5-16(6-4-15)22-12-31-25(34-22)21-11-26(28,29)14-33-21/h3-8,10,12-13,20-21,30,33H,1-2,9,11,14H2,(H,31,34)(H,32,35)/t20-,21-/m1/s1. The van der Waals surface area contributed by atoms with Crippen LogP contribution in [0, 0.1) is 5.82 Å². The minimum Gasteiger partial charge on any atom is -0.341 e. The molecule has 2 aromatic heterocycles. The third-order valence-electron chi connectivity index (χ3n) is 6.81. The Hall–Kier alpha value is -3.43. The van der Waals surface area contributed by atoms with E-state index in [9.17, 15) is 8.78 Å². The van der Waals surface area contributed by atoms with E-state index in [0.717, 1.165) is 47.6 Å². The number of nitrogens with one attached hydrogen (secondary N) is 4. The summed E-state index contributed by atoms with van der Waals surface area (Å²) in [6.07, 6.45) is 5.20. The van der Waals surface area contributed by atoms with Crippen LogP contribution in [-0.4, -0.2) is 38.9 Å². The lowest BCUT2D eigenvalue weighted by molar-refractivity contribution is 0.0208. The second-order valence-electron chi connectivity index (χ2n) is 9.28. The molecule has 180 valence electrons. The number of imidazole rings is 2. The van der Waals surface area contributed by atoms with Crippen LogP contribution in [0.3, 0.4) is 0 Å². The van der Waals surface area contributed by atoms with Gasteiger partial charge in [0.2, 0.25) is 0 Å². The smallest absolute Gasteiger partial charge is 0.262 e. The summed E-state index contributed by atoms with van der Waals surface area (Å²) in [6.45, 7) is 0.637. The Labute approximate surface area is 200 Å². The highest BCUT2D eigenvalue weighted by Gasteiger charge is 2.40. The highest BCUT2D eigenvalue weighted by atomic mass is 19.3. The number of aromatic amines is 2. The van der Waals surface area contributed by atoms with Crippen LogP contribution in [-0.2, 0) is 0 Å². The number of hydrogen-bond acceptors (Lipinski definition) is 4. The molecule has 0 spiro atoms. The van der Waals surface area contributed by atoms with Gasteiger partial charge in [-0.25, -0.2) is 23.1 Å². The SMILES string of the molecule is Fc1cc(-c2ccc(-c3cnc([C@H]4CC(F)(F)CN4)[nH]3)cc2)ccc1-c1cnc([C@H]2CCCN2)[nH]1. The molecule has 4 N–H and O–H groups in total. The maximum absolute atomic E-state index is 15.0. The molecule has 0 unspecified atom stereocenters. The first-order chi connectivity index (χ1) is 16.9.